The van der Waals surface area contributed by atoms with Crippen molar-refractivity contribution in [1.29, 1.82) is 0 Å². The molecule has 1 atom stereocenters. The van der Waals surface area contributed by atoms with E-state index in [0.29, 0.717) is 5.92 Å². The topological polar surface area (TPSA) is 55.2 Å². The molecule has 1 aliphatic carbocycles. The van der Waals surface area contributed by atoms with E-state index in [-0.39, 0.29) is 11.7 Å². The first-order valence-corrected chi connectivity index (χ1v) is 6.39. The summed E-state index contributed by atoms with van der Waals surface area (Å²) >= 11 is 0. The molecule has 104 valence electrons. The number of nitro groups is 1. The van der Waals surface area contributed by atoms with Crippen molar-refractivity contribution in [2.24, 2.45) is 5.92 Å². The number of nitro benzene ring substituents is 1. The predicted molar refractivity (Wildman–Crippen MR) is 68.1 cm³/mol. The molecule has 2 rings (SSSR count). The molecule has 0 saturated heterocycles. The maximum absolute atomic E-state index is 13.7. The summed E-state index contributed by atoms with van der Waals surface area (Å²) in [6.07, 6.45) is 4.26. The molecule has 1 N–H and O–H groups in total. The van der Waals surface area contributed by atoms with Crippen LogP contribution >= 0.6 is 0 Å². The van der Waals surface area contributed by atoms with Gasteiger partial charge in [0, 0.05) is 12.1 Å². The second-order valence-corrected chi connectivity index (χ2v) is 4.99. The zero-order valence-electron chi connectivity index (χ0n) is 10.7. The average Bonchev–Trinajstić information content (AvgIpc) is 2.88. The molecule has 0 bridgehead atoms. The number of rotatable bonds is 4. The fourth-order valence-corrected chi connectivity index (χ4v) is 2.63. The van der Waals surface area contributed by atoms with E-state index in [1.165, 1.54) is 0 Å². The second-order valence-electron chi connectivity index (χ2n) is 4.99. The smallest absolute Gasteiger partial charge is 0.295 e. The Balaban J connectivity index is 2.27. The van der Waals surface area contributed by atoms with Crippen molar-refractivity contribution in [3.63, 3.8) is 0 Å². The molecule has 6 heteroatoms. The van der Waals surface area contributed by atoms with Crippen LogP contribution in [-0.4, -0.2) is 11.0 Å². The molecule has 0 aliphatic heterocycles. The number of hydrogen-bond donors (Lipinski definition) is 1. The van der Waals surface area contributed by atoms with Crippen LogP contribution in [0.3, 0.4) is 0 Å². The normalized spacial score (nSPS) is 17.4. The van der Waals surface area contributed by atoms with Crippen LogP contribution in [0, 0.1) is 27.7 Å². The van der Waals surface area contributed by atoms with Crippen molar-refractivity contribution in [2.45, 2.75) is 38.6 Å². The molecule has 1 aromatic carbocycles. The summed E-state index contributed by atoms with van der Waals surface area (Å²) in [5.41, 5.74) is -0.770. The SMILES string of the molecule is CC(Nc1c([N+](=O)[O-])ccc(F)c1F)C1CCCC1. The van der Waals surface area contributed by atoms with Gasteiger partial charge in [0.25, 0.3) is 5.69 Å². The first-order chi connectivity index (χ1) is 9.00. The molecule has 1 aliphatic rings. The van der Waals surface area contributed by atoms with Gasteiger partial charge >= 0.3 is 0 Å². The summed E-state index contributed by atoms with van der Waals surface area (Å²) in [5, 5.41) is 13.7. The van der Waals surface area contributed by atoms with Gasteiger partial charge in [0.2, 0.25) is 0 Å². The van der Waals surface area contributed by atoms with Crippen LogP contribution in [0.4, 0.5) is 20.2 Å². The first kappa shape index (κ1) is 13.7. The van der Waals surface area contributed by atoms with Crippen molar-refractivity contribution in [3.05, 3.63) is 33.9 Å². The van der Waals surface area contributed by atoms with E-state index in [4.69, 9.17) is 0 Å². The van der Waals surface area contributed by atoms with Crippen molar-refractivity contribution in [3.8, 4) is 0 Å². The van der Waals surface area contributed by atoms with Crippen LogP contribution < -0.4 is 5.32 Å². The Morgan fingerprint density at radius 3 is 2.58 bits per heavy atom. The highest BCUT2D eigenvalue weighted by atomic mass is 19.2. The fourth-order valence-electron chi connectivity index (χ4n) is 2.63. The van der Waals surface area contributed by atoms with Crippen molar-refractivity contribution in [2.75, 3.05) is 5.32 Å². The lowest BCUT2D eigenvalue weighted by atomic mass is 9.99. The molecule has 0 heterocycles. The number of hydrogen-bond acceptors (Lipinski definition) is 3. The first-order valence-electron chi connectivity index (χ1n) is 6.39. The third-order valence-corrected chi connectivity index (χ3v) is 3.75. The summed E-state index contributed by atoms with van der Waals surface area (Å²) < 4.78 is 26.9. The number of nitrogens with zero attached hydrogens (tertiary/aromatic N) is 1. The summed E-state index contributed by atoms with van der Waals surface area (Å²) in [6.45, 7) is 1.85. The minimum absolute atomic E-state index is 0.113. The minimum atomic E-state index is -1.18. The Morgan fingerprint density at radius 1 is 1.37 bits per heavy atom. The quantitative estimate of drug-likeness (QED) is 0.667. The maximum Gasteiger partial charge on any atom is 0.295 e. The molecule has 19 heavy (non-hydrogen) atoms. The largest absolute Gasteiger partial charge is 0.374 e. The number of halogens is 2. The highest BCUT2D eigenvalue weighted by Gasteiger charge is 2.27. The van der Waals surface area contributed by atoms with Crippen molar-refractivity contribution < 1.29 is 13.7 Å². The van der Waals surface area contributed by atoms with Gasteiger partial charge in [0.1, 0.15) is 0 Å². The van der Waals surface area contributed by atoms with Gasteiger partial charge in [0.15, 0.2) is 17.3 Å². The Labute approximate surface area is 110 Å². The van der Waals surface area contributed by atoms with Gasteiger partial charge in [-0.2, -0.15) is 0 Å². The van der Waals surface area contributed by atoms with E-state index >= 15 is 0 Å². The van der Waals surface area contributed by atoms with E-state index in [9.17, 15) is 18.9 Å². The highest BCUT2D eigenvalue weighted by molar-refractivity contribution is 5.63. The number of nitrogens with one attached hydrogen (secondary N) is 1. The lowest BCUT2D eigenvalue weighted by Crippen LogP contribution is -2.25. The minimum Gasteiger partial charge on any atom is -0.374 e. The monoisotopic (exact) mass is 270 g/mol. The summed E-state index contributed by atoms with van der Waals surface area (Å²) in [5.74, 6) is -1.91. The molecular formula is C13H16F2N2O2. The molecule has 0 radical (unpaired) electrons. The summed E-state index contributed by atoms with van der Waals surface area (Å²) in [4.78, 5) is 10.2. The average molecular weight is 270 g/mol. The van der Waals surface area contributed by atoms with Gasteiger partial charge in [-0.05, 0) is 31.7 Å². The second kappa shape index (κ2) is 5.50. The van der Waals surface area contributed by atoms with Crippen LogP contribution in [0.15, 0.2) is 12.1 Å². The van der Waals surface area contributed by atoms with Gasteiger partial charge in [-0.3, -0.25) is 10.1 Å². The number of anilines is 1. The van der Waals surface area contributed by atoms with Crippen molar-refractivity contribution >= 4 is 11.4 Å². The zero-order valence-corrected chi connectivity index (χ0v) is 10.7. The van der Waals surface area contributed by atoms with Gasteiger partial charge < -0.3 is 5.32 Å². The van der Waals surface area contributed by atoms with Crippen LogP contribution in [-0.2, 0) is 0 Å². The Kier molecular flexibility index (Phi) is 3.97. The van der Waals surface area contributed by atoms with E-state index in [1.807, 2.05) is 6.92 Å². The fraction of sp³-hybridized carbons (Fsp3) is 0.538. The highest BCUT2D eigenvalue weighted by Crippen LogP contribution is 2.33. The number of benzene rings is 1. The Bertz CT molecular complexity index is 488. The van der Waals surface area contributed by atoms with E-state index in [0.717, 1.165) is 37.8 Å². The predicted octanol–water partition coefficient (Wildman–Crippen LogP) is 3.86. The lowest BCUT2D eigenvalue weighted by Gasteiger charge is -2.21. The summed E-state index contributed by atoms with van der Waals surface area (Å²) in [6, 6.07) is 1.65. The van der Waals surface area contributed by atoms with Crippen LogP contribution in [0.2, 0.25) is 0 Å². The van der Waals surface area contributed by atoms with Crippen molar-refractivity contribution in [1.82, 2.24) is 0 Å². The lowest BCUT2D eigenvalue weighted by molar-refractivity contribution is -0.384. The molecule has 0 spiro atoms. The molecule has 1 saturated carbocycles. The Hall–Kier alpha value is -1.72. The zero-order chi connectivity index (χ0) is 14.0. The standard InChI is InChI=1S/C13H16F2N2O2/c1-8(9-4-2-3-5-9)16-13-11(17(18)19)7-6-10(14)12(13)15/h6-9,16H,2-5H2,1H3. The van der Waals surface area contributed by atoms with Crippen LogP contribution in [0.5, 0.6) is 0 Å². The van der Waals surface area contributed by atoms with E-state index in [1.54, 1.807) is 0 Å². The third kappa shape index (κ3) is 2.83. The van der Waals surface area contributed by atoms with Crippen LogP contribution in [0.1, 0.15) is 32.6 Å². The maximum atomic E-state index is 13.7. The molecule has 0 amide bonds. The summed E-state index contributed by atoms with van der Waals surface area (Å²) in [7, 11) is 0. The third-order valence-electron chi connectivity index (χ3n) is 3.75. The van der Waals surface area contributed by atoms with Crippen LogP contribution in [0.25, 0.3) is 0 Å². The Morgan fingerprint density at radius 2 is 2.00 bits per heavy atom. The van der Waals surface area contributed by atoms with E-state index in [2.05, 4.69) is 5.32 Å². The molecule has 1 fully saturated rings. The van der Waals surface area contributed by atoms with Gasteiger partial charge in [-0.1, -0.05) is 12.8 Å². The van der Waals surface area contributed by atoms with E-state index < -0.39 is 22.2 Å². The van der Waals surface area contributed by atoms with Gasteiger partial charge in [0.05, 0.1) is 4.92 Å². The molecule has 0 aromatic heterocycles. The molecule has 4 nitrogen and oxygen atoms in total. The van der Waals surface area contributed by atoms with Gasteiger partial charge in [-0.15, -0.1) is 0 Å². The van der Waals surface area contributed by atoms with Gasteiger partial charge in [-0.25, -0.2) is 8.78 Å². The molecule has 1 aromatic rings. The molecule has 1 unspecified atom stereocenters. The molecular weight excluding hydrogens is 254 g/mol.